The first-order chi connectivity index (χ1) is 15.2. The largest absolute Gasteiger partial charge is 0.353 e. The molecule has 0 radical (unpaired) electrons. The fraction of sp³-hybridized carbons (Fsp3) is 0.381. The summed E-state index contributed by atoms with van der Waals surface area (Å²) in [6.07, 6.45) is 1.70. The number of hydrogen-bond donors (Lipinski definition) is 1. The van der Waals surface area contributed by atoms with Crippen molar-refractivity contribution < 1.29 is 16.8 Å². The molecule has 4 rings (SSSR count). The van der Waals surface area contributed by atoms with Crippen LogP contribution < -0.4 is 9.03 Å². The van der Waals surface area contributed by atoms with Crippen LogP contribution in [0.5, 0.6) is 0 Å². The number of aromatic nitrogens is 1. The Morgan fingerprint density at radius 2 is 1.59 bits per heavy atom. The molecule has 8 nitrogen and oxygen atoms in total. The van der Waals surface area contributed by atoms with E-state index >= 15 is 0 Å². The summed E-state index contributed by atoms with van der Waals surface area (Å²) in [4.78, 5) is 4.79. The maximum Gasteiger partial charge on any atom is 0.228 e. The predicted molar refractivity (Wildman–Crippen MR) is 129 cm³/mol. The minimum Gasteiger partial charge on any atom is -0.353 e. The lowest BCUT2D eigenvalue weighted by atomic mass is 10.1. The first kappa shape index (κ1) is 23.1. The number of sulfonamides is 2. The molecule has 0 spiro atoms. The average molecular weight is 495 g/mol. The van der Waals surface area contributed by atoms with Gasteiger partial charge in [-0.1, -0.05) is 36.4 Å². The Bertz CT molecular complexity index is 1280. The Balaban J connectivity index is 1.27. The highest BCUT2D eigenvalue weighted by Crippen LogP contribution is 2.29. The van der Waals surface area contributed by atoms with Gasteiger partial charge in [0.05, 0.1) is 16.7 Å². The van der Waals surface area contributed by atoms with E-state index in [0.717, 1.165) is 56.8 Å². The predicted octanol–water partition coefficient (Wildman–Crippen LogP) is 2.04. The molecule has 0 bridgehead atoms. The molecular weight excluding hydrogens is 468 g/mol. The van der Waals surface area contributed by atoms with Crippen molar-refractivity contribution in [3.05, 3.63) is 59.7 Å². The summed E-state index contributed by atoms with van der Waals surface area (Å²) in [6, 6.07) is 15.6. The van der Waals surface area contributed by atoms with Crippen molar-refractivity contribution in [1.29, 1.82) is 0 Å². The molecule has 1 fully saturated rings. The van der Waals surface area contributed by atoms with Crippen molar-refractivity contribution in [3.8, 4) is 0 Å². The van der Waals surface area contributed by atoms with Gasteiger partial charge in [0.2, 0.25) is 20.0 Å². The van der Waals surface area contributed by atoms with Crippen molar-refractivity contribution in [2.75, 3.05) is 43.9 Å². The zero-order chi connectivity index (χ0) is 22.8. The van der Waals surface area contributed by atoms with Crippen LogP contribution in [0.4, 0.5) is 5.82 Å². The van der Waals surface area contributed by atoms with E-state index in [0.29, 0.717) is 5.56 Å². The highest BCUT2D eigenvalue weighted by Gasteiger charge is 2.21. The third-order valence-electron chi connectivity index (χ3n) is 5.40. The van der Waals surface area contributed by atoms with Gasteiger partial charge in [-0.3, -0.25) is 4.90 Å². The van der Waals surface area contributed by atoms with Crippen LogP contribution >= 0.6 is 11.5 Å². The number of fused-ring (bicyclic) bond motifs is 1. The summed E-state index contributed by atoms with van der Waals surface area (Å²) < 4.78 is 53.7. The lowest BCUT2D eigenvalue weighted by molar-refractivity contribution is 0.261. The lowest BCUT2D eigenvalue weighted by Gasteiger charge is -2.35. The quantitative estimate of drug-likeness (QED) is 0.512. The number of benzene rings is 2. The maximum absolute atomic E-state index is 11.9. The monoisotopic (exact) mass is 494 g/mol. The fourth-order valence-corrected chi connectivity index (χ4v) is 7.36. The number of nitrogens with zero attached hydrogens (tertiary/aromatic N) is 3. The molecular formula is C21H26N4O4S3. The van der Waals surface area contributed by atoms with Gasteiger partial charge in [-0.15, -0.1) is 4.13 Å². The molecule has 0 unspecified atom stereocenters. The minimum absolute atomic E-state index is 0.367. The van der Waals surface area contributed by atoms with E-state index in [1.165, 1.54) is 10.1 Å². The molecule has 0 saturated carbocycles. The van der Waals surface area contributed by atoms with Crippen molar-refractivity contribution >= 4 is 47.5 Å². The SMILES string of the molecule is CS(=O)(=O)NS(=O)(=O)Cc1ccc(CCN2CCN(c3nsc4ccccc34)CC2)cc1. The van der Waals surface area contributed by atoms with Gasteiger partial charge in [-0.2, -0.15) is 4.37 Å². The minimum atomic E-state index is -3.93. The third-order valence-corrected chi connectivity index (χ3v) is 9.16. The van der Waals surface area contributed by atoms with Crippen LogP contribution in [-0.4, -0.2) is 65.1 Å². The fourth-order valence-electron chi connectivity index (χ4n) is 3.85. The average Bonchev–Trinajstić information content (AvgIpc) is 3.16. The first-order valence-corrected chi connectivity index (χ1v) is 14.6. The van der Waals surface area contributed by atoms with Gasteiger partial charge in [-0.05, 0) is 41.2 Å². The molecule has 1 N–H and O–H groups in total. The van der Waals surface area contributed by atoms with Gasteiger partial charge < -0.3 is 4.90 Å². The number of piperazine rings is 1. The molecule has 1 aliphatic rings. The lowest BCUT2D eigenvalue weighted by Crippen LogP contribution is -2.47. The Hall–Kier alpha value is -2.05. The molecule has 1 aromatic heterocycles. The smallest absolute Gasteiger partial charge is 0.228 e. The molecule has 0 amide bonds. The maximum atomic E-state index is 11.9. The van der Waals surface area contributed by atoms with Gasteiger partial charge in [0, 0.05) is 38.1 Å². The molecule has 0 aliphatic carbocycles. The molecule has 1 aliphatic heterocycles. The molecule has 1 saturated heterocycles. The van der Waals surface area contributed by atoms with Gasteiger partial charge >= 0.3 is 0 Å². The van der Waals surface area contributed by atoms with E-state index < -0.39 is 20.0 Å². The second-order valence-electron chi connectivity index (χ2n) is 8.01. The van der Waals surface area contributed by atoms with E-state index in [9.17, 15) is 16.8 Å². The number of anilines is 1. The Kier molecular flexibility index (Phi) is 6.82. The summed E-state index contributed by atoms with van der Waals surface area (Å²) in [5.41, 5.74) is 1.67. The normalized spacial score (nSPS) is 16.0. The summed E-state index contributed by atoms with van der Waals surface area (Å²) in [6.45, 7) is 4.76. The zero-order valence-corrected chi connectivity index (χ0v) is 20.2. The highest BCUT2D eigenvalue weighted by atomic mass is 32.3. The Labute approximate surface area is 193 Å². The standard InChI is InChI=1S/C21H26N4O4S3/c1-31(26,27)23-32(28,29)16-18-8-6-17(7-9-18)10-11-24-12-14-25(15-13-24)21-19-4-2-3-5-20(19)30-22-21/h2-9,23H,10-16H2,1H3. The van der Waals surface area contributed by atoms with Gasteiger partial charge in [0.25, 0.3) is 0 Å². The number of nitrogens with one attached hydrogen (secondary N) is 1. The van der Waals surface area contributed by atoms with Crippen molar-refractivity contribution in [2.45, 2.75) is 12.2 Å². The molecule has 2 aromatic carbocycles. The van der Waals surface area contributed by atoms with Crippen molar-refractivity contribution in [2.24, 2.45) is 0 Å². The van der Waals surface area contributed by atoms with Gasteiger partial charge in [0.1, 0.15) is 5.82 Å². The molecule has 32 heavy (non-hydrogen) atoms. The molecule has 3 aromatic rings. The van der Waals surface area contributed by atoms with E-state index in [2.05, 4.69) is 32.4 Å². The van der Waals surface area contributed by atoms with E-state index in [1.54, 1.807) is 27.8 Å². The van der Waals surface area contributed by atoms with Crippen LogP contribution in [0.3, 0.4) is 0 Å². The molecule has 172 valence electrons. The van der Waals surface area contributed by atoms with E-state index in [1.807, 2.05) is 18.2 Å². The summed E-state index contributed by atoms with van der Waals surface area (Å²) in [7, 11) is -7.74. The number of hydrogen-bond acceptors (Lipinski definition) is 8. The van der Waals surface area contributed by atoms with Crippen molar-refractivity contribution in [3.63, 3.8) is 0 Å². The molecule has 0 atom stereocenters. The third kappa shape index (κ3) is 6.04. The van der Waals surface area contributed by atoms with Crippen LogP contribution in [0.1, 0.15) is 11.1 Å². The Morgan fingerprint density at radius 3 is 2.28 bits per heavy atom. The van der Waals surface area contributed by atoms with Crippen LogP contribution in [-0.2, 0) is 32.2 Å². The summed E-state index contributed by atoms with van der Waals surface area (Å²) in [5.74, 6) is 0.717. The Morgan fingerprint density at radius 1 is 0.938 bits per heavy atom. The first-order valence-electron chi connectivity index (χ1n) is 10.3. The van der Waals surface area contributed by atoms with Crippen LogP contribution in [0.2, 0.25) is 0 Å². The highest BCUT2D eigenvalue weighted by molar-refractivity contribution is 8.04. The molecule has 11 heteroatoms. The second kappa shape index (κ2) is 9.44. The zero-order valence-electron chi connectivity index (χ0n) is 17.8. The number of rotatable bonds is 8. The summed E-state index contributed by atoms with van der Waals surface area (Å²) >= 11 is 1.55. The van der Waals surface area contributed by atoms with Gasteiger partial charge in [0.15, 0.2) is 0 Å². The second-order valence-corrected chi connectivity index (χ2v) is 12.5. The van der Waals surface area contributed by atoms with E-state index in [-0.39, 0.29) is 5.75 Å². The van der Waals surface area contributed by atoms with Crippen LogP contribution in [0, 0.1) is 0 Å². The topological polar surface area (TPSA) is 99.7 Å². The van der Waals surface area contributed by atoms with Gasteiger partial charge in [-0.25, -0.2) is 16.8 Å². The van der Waals surface area contributed by atoms with Crippen LogP contribution in [0.15, 0.2) is 48.5 Å². The van der Waals surface area contributed by atoms with E-state index in [4.69, 9.17) is 0 Å². The summed E-state index contributed by atoms with van der Waals surface area (Å²) in [5, 5.41) is 1.22. The van der Waals surface area contributed by atoms with Crippen LogP contribution in [0.25, 0.3) is 10.1 Å². The molecule has 2 heterocycles. The van der Waals surface area contributed by atoms with Crippen molar-refractivity contribution in [1.82, 2.24) is 13.4 Å².